The van der Waals surface area contributed by atoms with Crippen LogP contribution in [0.2, 0.25) is 0 Å². The maximum absolute atomic E-state index is 6.31. The van der Waals surface area contributed by atoms with Crippen LogP contribution in [-0.2, 0) is 0 Å². The van der Waals surface area contributed by atoms with Gasteiger partial charge in [-0.15, -0.1) is 0 Å². The summed E-state index contributed by atoms with van der Waals surface area (Å²) in [7, 11) is 0. The number of fused-ring (bicyclic) bond motifs is 3. The highest BCUT2D eigenvalue weighted by molar-refractivity contribution is 5.89. The summed E-state index contributed by atoms with van der Waals surface area (Å²) in [5, 5.41) is 6.66. The SMILES string of the molecule is Nc1cc(-c2cnc3ccccc3c2)nc2c(-c3ccc4[nH]ccc4c3)cnn12. The second-order valence-corrected chi connectivity index (χ2v) is 7.06. The Bertz CT molecular complexity index is 1530. The van der Waals surface area contributed by atoms with Gasteiger partial charge in [0, 0.05) is 40.5 Å². The van der Waals surface area contributed by atoms with E-state index >= 15 is 0 Å². The number of hydrogen-bond donors (Lipinski definition) is 2. The molecule has 138 valence electrons. The summed E-state index contributed by atoms with van der Waals surface area (Å²) in [6, 6.07) is 20.3. The predicted molar refractivity (Wildman–Crippen MR) is 115 cm³/mol. The number of anilines is 1. The molecule has 0 unspecified atom stereocenters. The second-order valence-electron chi connectivity index (χ2n) is 7.06. The van der Waals surface area contributed by atoms with Gasteiger partial charge in [-0.2, -0.15) is 9.61 Å². The highest BCUT2D eigenvalue weighted by atomic mass is 15.3. The van der Waals surface area contributed by atoms with Crippen molar-refractivity contribution in [3.63, 3.8) is 0 Å². The lowest BCUT2D eigenvalue weighted by Crippen LogP contribution is -2.01. The van der Waals surface area contributed by atoms with Crippen LogP contribution in [0.25, 0.3) is 49.8 Å². The van der Waals surface area contributed by atoms with Crippen LogP contribution in [0.15, 0.2) is 79.3 Å². The molecule has 0 aliphatic rings. The van der Waals surface area contributed by atoms with Gasteiger partial charge in [-0.1, -0.05) is 24.3 Å². The van der Waals surface area contributed by atoms with Crippen molar-refractivity contribution in [2.24, 2.45) is 0 Å². The third-order valence-electron chi connectivity index (χ3n) is 5.25. The Hall–Kier alpha value is -4.19. The van der Waals surface area contributed by atoms with E-state index in [1.807, 2.05) is 48.9 Å². The molecule has 0 fully saturated rings. The number of aromatic amines is 1. The first-order valence-corrected chi connectivity index (χ1v) is 9.33. The molecule has 0 amide bonds. The van der Waals surface area contributed by atoms with Crippen molar-refractivity contribution < 1.29 is 0 Å². The van der Waals surface area contributed by atoms with E-state index in [1.54, 1.807) is 4.52 Å². The first-order valence-electron chi connectivity index (χ1n) is 9.33. The first kappa shape index (κ1) is 15.8. The highest BCUT2D eigenvalue weighted by Gasteiger charge is 2.14. The molecule has 29 heavy (non-hydrogen) atoms. The molecule has 6 nitrogen and oxygen atoms in total. The first-order chi connectivity index (χ1) is 14.3. The maximum atomic E-state index is 6.31. The van der Waals surface area contributed by atoms with E-state index in [9.17, 15) is 0 Å². The average molecular weight is 376 g/mol. The topological polar surface area (TPSA) is 84.9 Å². The molecule has 2 aromatic carbocycles. The van der Waals surface area contributed by atoms with Crippen LogP contribution in [0.1, 0.15) is 0 Å². The van der Waals surface area contributed by atoms with E-state index in [2.05, 4.69) is 45.4 Å². The van der Waals surface area contributed by atoms with Crippen LogP contribution in [0.3, 0.4) is 0 Å². The molecule has 6 rings (SSSR count). The molecule has 0 atom stereocenters. The number of nitrogens with one attached hydrogen (secondary N) is 1. The van der Waals surface area contributed by atoms with Gasteiger partial charge in [0.25, 0.3) is 0 Å². The number of rotatable bonds is 2. The number of para-hydroxylation sites is 1. The van der Waals surface area contributed by atoms with E-state index < -0.39 is 0 Å². The molecule has 0 aliphatic carbocycles. The largest absolute Gasteiger partial charge is 0.384 e. The zero-order chi connectivity index (χ0) is 19.4. The minimum Gasteiger partial charge on any atom is -0.384 e. The van der Waals surface area contributed by atoms with Crippen LogP contribution in [0, 0.1) is 0 Å². The van der Waals surface area contributed by atoms with Crippen molar-refractivity contribution in [2.75, 3.05) is 5.73 Å². The summed E-state index contributed by atoms with van der Waals surface area (Å²) in [5.41, 5.74) is 12.8. The Morgan fingerprint density at radius 3 is 2.72 bits per heavy atom. The van der Waals surface area contributed by atoms with E-state index in [1.165, 1.54) is 0 Å². The lowest BCUT2D eigenvalue weighted by molar-refractivity contribution is 0.953. The molecule has 0 radical (unpaired) electrons. The van der Waals surface area contributed by atoms with Gasteiger partial charge in [-0.3, -0.25) is 4.98 Å². The number of aromatic nitrogens is 5. The molecule has 4 heterocycles. The molecular formula is C23H16N6. The zero-order valence-electron chi connectivity index (χ0n) is 15.4. The van der Waals surface area contributed by atoms with Gasteiger partial charge in [0.15, 0.2) is 5.65 Å². The third-order valence-corrected chi connectivity index (χ3v) is 5.25. The van der Waals surface area contributed by atoms with Crippen molar-refractivity contribution in [3.8, 4) is 22.4 Å². The van der Waals surface area contributed by atoms with Crippen LogP contribution >= 0.6 is 0 Å². The quantitative estimate of drug-likeness (QED) is 0.460. The van der Waals surface area contributed by atoms with Gasteiger partial charge >= 0.3 is 0 Å². The monoisotopic (exact) mass is 376 g/mol. The molecular weight excluding hydrogens is 360 g/mol. The fourth-order valence-corrected chi connectivity index (χ4v) is 3.77. The Kier molecular flexibility index (Phi) is 3.22. The number of pyridine rings is 1. The molecule has 6 heteroatoms. The maximum Gasteiger partial charge on any atom is 0.165 e. The van der Waals surface area contributed by atoms with Crippen molar-refractivity contribution in [2.45, 2.75) is 0 Å². The number of nitrogen functional groups attached to an aromatic ring is 1. The van der Waals surface area contributed by atoms with E-state index in [0.717, 1.165) is 49.8 Å². The Morgan fingerprint density at radius 1 is 0.862 bits per heavy atom. The highest BCUT2D eigenvalue weighted by Crippen LogP contribution is 2.30. The summed E-state index contributed by atoms with van der Waals surface area (Å²) in [4.78, 5) is 12.7. The Morgan fingerprint density at radius 2 is 1.76 bits per heavy atom. The predicted octanol–water partition coefficient (Wildman–Crippen LogP) is 4.68. The lowest BCUT2D eigenvalue weighted by Gasteiger charge is -2.07. The van der Waals surface area contributed by atoms with Crippen molar-refractivity contribution >= 4 is 33.3 Å². The number of nitrogens with two attached hydrogens (primary N) is 1. The second kappa shape index (κ2) is 5.90. The van der Waals surface area contributed by atoms with E-state index in [0.29, 0.717) is 5.82 Å². The summed E-state index contributed by atoms with van der Waals surface area (Å²) in [5.74, 6) is 0.534. The minimum absolute atomic E-state index is 0.534. The Labute approximate surface area is 165 Å². The number of nitrogens with zero attached hydrogens (tertiary/aromatic N) is 4. The lowest BCUT2D eigenvalue weighted by atomic mass is 10.1. The molecule has 0 saturated carbocycles. The van der Waals surface area contributed by atoms with Gasteiger partial charge in [0.05, 0.1) is 17.4 Å². The number of H-pyrrole nitrogens is 1. The molecule has 6 aromatic rings. The van der Waals surface area contributed by atoms with Gasteiger partial charge in [0.2, 0.25) is 0 Å². The van der Waals surface area contributed by atoms with Crippen molar-refractivity contribution in [1.82, 2.24) is 24.6 Å². The van der Waals surface area contributed by atoms with E-state index in [-0.39, 0.29) is 0 Å². The number of benzene rings is 2. The van der Waals surface area contributed by atoms with E-state index in [4.69, 9.17) is 10.7 Å². The fraction of sp³-hybridized carbons (Fsp3) is 0. The molecule has 0 saturated heterocycles. The summed E-state index contributed by atoms with van der Waals surface area (Å²) in [6.07, 6.45) is 5.59. The zero-order valence-corrected chi connectivity index (χ0v) is 15.4. The normalized spacial score (nSPS) is 11.6. The minimum atomic E-state index is 0.534. The summed E-state index contributed by atoms with van der Waals surface area (Å²) >= 11 is 0. The Balaban J connectivity index is 1.56. The molecule has 3 N–H and O–H groups in total. The van der Waals surface area contributed by atoms with Gasteiger partial charge in [0.1, 0.15) is 5.82 Å². The average Bonchev–Trinajstić information content (AvgIpc) is 3.40. The molecule has 4 aromatic heterocycles. The summed E-state index contributed by atoms with van der Waals surface area (Å²) < 4.78 is 1.68. The molecule has 0 bridgehead atoms. The van der Waals surface area contributed by atoms with Gasteiger partial charge in [-0.05, 0) is 41.3 Å². The molecule has 0 spiro atoms. The van der Waals surface area contributed by atoms with Crippen LogP contribution < -0.4 is 5.73 Å². The van der Waals surface area contributed by atoms with Crippen LogP contribution in [0.4, 0.5) is 5.82 Å². The third kappa shape index (κ3) is 2.46. The van der Waals surface area contributed by atoms with Gasteiger partial charge in [-0.25, -0.2) is 4.98 Å². The van der Waals surface area contributed by atoms with Crippen molar-refractivity contribution in [3.05, 3.63) is 79.3 Å². The number of hydrogen-bond acceptors (Lipinski definition) is 4. The van der Waals surface area contributed by atoms with Gasteiger partial charge < -0.3 is 10.7 Å². The fourth-order valence-electron chi connectivity index (χ4n) is 3.77. The van der Waals surface area contributed by atoms with Crippen LogP contribution in [0.5, 0.6) is 0 Å². The summed E-state index contributed by atoms with van der Waals surface area (Å²) in [6.45, 7) is 0. The van der Waals surface area contributed by atoms with Crippen molar-refractivity contribution in [1.29, 1.82) is 0 Å². The standard InChI is InChI=1S/C23H16N6/c24-22-11-21(17-10-15-3-1-2-4-19(15)26-12-17)28-23-18(13-27-29(22)23)14-5-6-20-16(9-14)7-8-25-20/h1-13,25H,24H2. The van der Waals surface area contributed by atoms with Crippen LogP contribution in [-0.4, -0.2) is 24.6 Å². The smallest absolute Gasteiger partial charge is 0.165 e. The molecule has 0 aliphatic heterocycles.